The fourth-order valence-corrected chi connectivity index (χ4v) is 2.16. The van der Waals surface area contributed by atoms with Crippen molar-refractivity contribution in [2.24, 2.45) is 0 Å². The minimum Gasteiger partial charge on any atom is -0.312 e. The predicted octanol–water partition coefficient (Wildman–Crippen LogP) is 3.34. The topological polar surface area (TPSA) is 35.8 Å². The van der Waals surface area contributed by atoms with E-state index in [1.54, 1.807) is 6.07 Å². The Labute approximate surface area is 118 Å². The fourth-order valence-electron chi connectivity index (χ4n) is 2.16. The third-order valence-electron chi connectivity index (χ3n) is 3.25. The summed E-state index contributed by atoms with van der Waals surface area (Å²) >= 11 is 0. The first-order valence-corrected chi connectivity index (χ1v) is 6.64. The number of rotatable bonds is 5. The number of nitriles is 1. The first kappa shape index (κ1) is 14.2. The van der Waals surface area contributed by atoms with E-state index in [0.717, 1.165) is 18.5 Å². The molecule has 0 saturated carbocycles. The molecule has 2 rings (SSSR count). The first-order chi connectivity index (χ1) is 9.69. The average Bonchev–Trinajstić information content (AvgIpc) is 2.44. The van der Waals surface area contributed by atoms with Crippen LogP contribution in [-0.2, 0) is 13.0 Å². The highest BCUT2D eigenvalue weighted by molar-refractivity contribution is 5.33. The Kier molecular flexibility index (Phi) is 4.86. The molecule has 0 radical (unpaired) electrons. The summed E-state index contributed by atoms with van der Waals surface area (Å²) in [5.74, 6) is -0.361. The van der Waals surface area contributed by atoms with Crippen LogP contribution >= 0.6 is 0 Å². The summed E-state index contributed by atoms with van der Waals surface area (Å²) in [5.41, 5.74) is 3.76. The van der Waals surface area contributed by atoms with Crippen molar-refractivity contribution in [3.63, 3.8) is 0 Å². The second-order valence-corrected chi connectivity index (χ2v) is 4.81. The SMILES string of the molecule is Cc1ccccc1CCNCc1cc(F)cc(C#N)c1. The van der Waals surface area contributed by atoms with Crippen molar-refractivity contribution in [1.82, 2.24) is 5.32 Å². The van der Waals surface area contributed by atoms with Crippen LogP contribution in [0.2, 0.25) is 0 Å². The van der Waals surface area contributed by atoms with Crippen molar-refractivity contribution in [3.05, 3.63) is 70.5 Å². The molecule has 0 heterocycles. The first-order valence-electron chi connectivity index (χ1n) is 6.64. The zero-order valence-corrected chi connectivity index (χ0v) is 11.5. The van der Waals surface area contributed by atoms with Gasteiger partial charge in [-0.15, -0.1) is 0 Å². The van der Waals surface area contributed by atoms with E-state index in [0.29, 0.717) is 12.1 Å². The zero-order chi connectivity index (χ0) is 14.4. The van der Waals surface area contributed by atoms with Crippen LogP contribution in [-0.4, -0.2) is 6.54 Å². The smallest absolute Gasteiger partial charge is 0.124 e. The number of hydrogen-bond donors (Lipinski definition) is 1. The lowest BCUT2D eigenvalue weighted by molar-refractivity contribution is 0.619. The number of hydrogen-bond acceptors (Lipinski definition) is 2. The number of halogens is 1. The molecule has 0 amide bonds. The van der Waals surface area contributed by atoms with Gasteiger partial charge in [-0.25, -0.2) is 4.39 Å². The Morgan fingerprint density at radius 2 is 2.00 bits per heavy atom. The highest BCUT2D eigenvalue weighted by Crippen LogP contribution is 2.09. The third kappa shape index (κ3) is 3.91. The Morgan fingerprint density at radius 3 is 2.75 bits per heavy atom. The van der Waals surface area contributed by atoms with Gasteiger partial charge in [0.2, 0.25) is 0 Å². The van der Waals surface area contributed by atoms with Crippen molar-refractivity contribution in [1.29, 1.82) is 5.26 Å². The minimum atomic E-state index is -0.361. The van der Waals surface area contributed by atoms with Crippen molar-refractivity contribution < 1.29 is 4.39 Å². The van der Waals surface area contributed by atoms with Gasteiger partial charge in [0, 0.05) is 6.54 Å². The summed E-state index contributed by atoms with van der Waals surface area (Å²) in [6.07, 6.45) is 0.938. The van der Waals surface area contributed by atoms with Gasteiger partial charge < -0.3 is 5.32 Å². The van der Waals surface area contributed by atoms with E-state index in [1.807, 2.05) is 18.2 Å². The van der Waals surface area contributed by atoms with Gasteiger partial charge in [0.1, 0.15) is 5.82 Å². The molecule has 0 saturated heterocycles. The van der Waals surface area contributed by atoms with Crippen molar-refractivity contribution in [2.45, 2.75) is 19.9 Å². The lowest BCUT2D eigenvalue weighted by atomic mass is 10.1. The van der Waals surface area contributed by atoms with Crippen LogP contribution < -0.4 is 5.32 Å². The quantitative estimate of drug-likeness (QED) is 0.844. The van der Waals surface area contributed by atoms with E-state index in [1.165, 1.54) is 23.3 Å². The molecular weight excluding hydrogens is 251 g/mol. The summed E-state index contributed by atoms with van der Waals surface area (Å²) in [5, 5.41) is 12.1. The van der Waals surface area contributed by atoms with Gasteiger partial charge in [0.15, 0.2) is 0 Å². The average molecular weight is 268 g/mol. The van der Waals surface area contributed by atoms with E-state index in [2.05, 4.69) is 24.4 Å². The highest BCUT2D eigenvalue weighted by Gasteiger charge is 2.01. The van der Waals surface area contributed by atoms with Gasteiger partial charge in [-0.1, -0.05) is 24.3 Å². The zero-order valence-electron chi connectivity index (χ0n) is 11.5. The van der Waals surface area contributed by atoms with Gasteiger partial charge in [-0.2, -0.15) is 5.26 Å². The van der Waals surface area contributed by atoms with Crippen LogP contribution in [0.4, 0.5) is 4.39 Å². The highest BCUT2D eigenvalue weighted by atomic mass is 19.1. The number of aryl methyl sites for hydroxylation is 1. The third-order valence-corrected chi connectivity index (χ3v) is 3.25. The number of nitrogens with one attached hydrogen (secondary N) is 1. The van der Waals surface area contributed by atoms with Gasteiger partial charge in [-0.3, -0.25) is 0 Å². The van der Waals surface area contributed by atoms with Crippen molar-refractivity contribution >= 4 is 0 Å². The molecule has 2 aromatic rings. The summed E-state index contributed by atoms with van der Waals surface area (Å²) in [6, 6.07) is 14.7. The molecule has 0 aliphatic carbocycles. The molecule has 0 aliphatic rings. The molecule has 0 atom stereocenters. The molecule has 1 N–H and O–H groups in total. The number of benzene rings is 2. The van der Waals surface area contributed by atoms with Gasteiger partial charge >= 0.3 is 0 Å². The maximum absolute atomic E-state index is 13.3. The largest absolute Gasteiger partial charge is 0.312 e. The van der Waals surface area contributed by atoms with E-state index in [9.17, 15) is 4.39 Å². The van der Waals surface area contributed by atoms with E-state index < -0.39 is 0 Å². The van der Waals surface area contributed by atoms with E-state index in [4.69, 9.17) is 5.26 Å². The van der Waals surface area contributed by atoms with Crippen LogP contribution in [0.3, 0.4) is 0 Å². The number of nitrogens with zero attached hydrogens (tertiary/aromatic N) is 1. The molecule has 2 aromatic carbocycles. The molecule has 0 aliphatic heterocycles. The maximum atomic E-state index is 13.3. The van der Waals surface area contributed by atoms with Gasteiger partial charge in [0.25, 0.3) is 0 Å². The molecule has 0 fully saturated rings. The van der Waals surface area contributed by atoms with Crippen LogP contribution in [0.1, 0.15) is 22.3 Å². The molecule has 3 heteroatoms. The molecular formula is C17H17FN2. The van der Waals surface area contributed by atoms with E-state index in [-0.39, 0.29) is 5.82 Å². The summed E-state index contributed by atoms with van der Waals surface area (Å²) in [7, 11) is 0. The monoisotopic (exact) mass is 268 g/mol. The normalized spacial score (nSPS) is 10.2. The van der Waals surface area contributed by atoms with Crippen molar-refractivity contribution in [3.8, 4) is 6.07 Å². The fraction of sp³-hybridized carbons (Fsp3) is 0.235. The van der Waals surface area contributed by atoms with E-state index >= 15 is 0 Å². The van der Waals surface area contributed by atoms with Crippen LogP contribution in [0.5, 0.6) is 0 Å². The predicted molar refractivity (Wildman–Crippen MR) is 77.7 cm³/mol. The Hall–Kier alpha value is -2.18. The van der Waals surface area contributed by atoms with Crippen LogP contribution in [0.25, 0.3) is 0 Å². The Bertz CT molecular complexity index is 629. The second-order valence-electron chi connectivity index (χ2n) is 4.81. The minimum absolute atomic E-state index is 0.361. The summed E-state index contributed by atoms with van der Waals surface area (Å²) < 4.78 is 13.3. The second kappa shape index (κ2) is 6.83. The Balaban J connectivity index is 1.86. The summed E-state index contributed by atoms with van der Waals surface area (Å²) in [4.78, 5) is 0. The molecule has 102 valence electrons. The molecule has 20 heavy (non-hydrogen) atoms. The molecule has 0 bridgehead atoms. The summed E-state index contributed by atoms with van der Waals surface area (Å²) in [6.45, 7) is 3.49. The van der Waals surface area contributed by atoms with Gasteiger partial charge in [-0.05, 0) is 54.8 Å². The van der Waals surface area contributed by atoms with Gasteiger partial charge in [0.05, 0.1) is 11.6 Å². The molecule has 0 unspecified atom stereocenters. The molecule has 0 aromatic heterocycles. The van der Waals surface area contributed by atoms with Crippen LogP contribution in [0.15, 0.2) is 42.5 Å². The maximum Gasteiger partial charge on any atom is 0.124 e. The lowest BCUT2D eigenvalue weighted by Crippen LogP contribution is -2.17. The lowest BCUT2D eigenvalue weighted by Gasteiger charge is -2.08. The van der Waals surface area contributed by atoms with Crippen LogP contribution in [0, 0.1) is 24.1 Å². The standard InChI is InChI=1S/C17H17FN2/c1-13-4-2-3-5-16(13)6-7-20-12-15-8-14(11-19)9-17(18)10-15/h2-5,8-10,20H,6-7,12H2,1H3. The molecule has 0 spiro atoms. The Morgan fingerprint density at radius 1 is 1.20 bits per heavy atom. The van der Waals surface area contributed by atoms with Crippen molar-refractivity contribution in [2.75, 3.05) is 6.54 Å². The molecule has 2 nitrogen and oxygen atoms in total.